The molecule has 0 atom stereocenters. The van der Waals surface area contributed by atoms with Crippen LogP contribution in [0, 0.1) is 5.92 Å². The maximum absolute atomic E-state index is 9.97. The van der Waals surface area contributed by atoms with E-state index in [0.29, 0.717) is 0 Å². The largest absolute Gasteiger partial charge is 0.505 e. The second-order valence-electron chi connectivity index (χ2n) is 2.28. The number of rotatable bonds is 2. The van der Waals surface area contributed by atoms with E-state index in [1.165, 1.54) is 0 Å². The van der Waals surface area contributed by atoms with Crippen molar-refractivity contribution in [3.8, 4) is 0 Å². The molecule has 1 rings (SSSR count). The summed E-state index contributed by atoms with van der Waals surface area (Å²) < 4.78 is 3.96. The quantitative estimate of drug-likeness (QED) is 0.538. The van der Waals surface area contributed by atoms with Crippen LogP contribution in [0.1, 0.15) is 19.8 Å². The standard InChI is InChI=1S/C4H5ClO.C3H6O3/c5-4(6)3-1-2-3;1-2-6-3(4)5/h3H,1-2H2;2H2,1H3,(H,4,5). The lowest BCUT2D eigenvalue weighted by molar-refractivity contribution is -0.112. The summed E-state index contributed by atoms with van der Waals surface area (Å²) in [5.74, 6) is 0.228. The van der Waals surface area contributed by atoms with Crippen molar-refractivity contribution in [1.82, 2.24) is 0 Å². The van der Waals surface area contributed by atoms with Gasteiger partial charge in [0.25, 0.3) is 0 Å². The zero-order valence-corrected chi connectivity index (χ0v) is 7.50. The molecule has 0 heterocycles. The van der Waals surface area contributed by atoms with Gasteiger partial charge in [0.15, 0.2) is 0 Å². The molecule has 0 unspecified atom stereocenters. The van der Waals surface area contributed by atoms with Crippen molar-refractivity contribution >= 4 is 23.0 Å². The molecule has 0 aromatic rings. The van der Waals surface area contributed by atoms with Gasteiger partial charge in [0, 0.05) is 5.92 Å². The molecule has 0 aromatic heterocycles. The van der Waals surface area contributed by atoms with E-state index in [2.05, 4.69) is 4.74 Å². The van der Waals surface area contributed by atoms with Crippen molar-refractivity contribution in [2.45, 2.75) is 19.8 Å². The van der Waals surface area contributed by atoms with E-state index in [1.807, 2.05) is 0 Å². The summed E-state index contributed by atoms with van der Waals surface area (Å²) in [7, 11) is 0. The predicted octanol–water partition coefficient (Wildman–Crippen LogP) is 1.86. The summed E-state index contributed by atoms with van der Waals surface area (Å²) >= 11 is 5.04. The lowest BCUT2D eigenvalue weighted by Gasteiger charge is -1.87. The molecule has 0 aromatic carbocycles. The fourth-order valence-electron chi connectivity index (χ4n) is 0.434. The zero-order valence-electron chi connectivity index (χ0n) is 6.75. The Labute approximate surface area is 75.5 Å². The first-order valence-corrected chi connectivity index (χ1v) is 4.00. The molecular weight excluding hydrogens is 184 g/mol. The van der Waals surface area contributed by atoms with Gasteiger partial charge in [-0.3, -0.25) is 4.79 Å². The van der Waals surface area contributed by atoms with E-state index in [0.717, 1.165) is 12.8 Å². The third kappa shape index (κ3) is 7.34. The molecule has 0 radical (unpaired) electrons. The van der Waals surface area contributed by atoms with Gasteiger partial charge < -0.3 is 9.84 Å². The van der Waals surface area contributed by atoms with Gasteiger partial charge in [-0.15, -0.1) is 0 Å². The Morgan fingerprint density at radius 2 is 2.08 bits per heavy atom. The highest BCUT2D eigenvalue weighted by Crippen LogP contribution is 2.30. The average Bonchev–Trinajstić information content (AvgIpc) is 2.67. The predicted molar refractivity (Wildman–Crippen MR) is 43.2 cm³/mol. The van der Waals surface area contributed by atoms with Crippen LogP contribution < -0.4 is 0 Å². The monoisotopic (exact) mass is 194 g/mol. The fraction of sp³-hybridized carbons (Fsp3) is 0.714. The van der Waals surface area contributed by atoms with Crippen LogP contribution in [0.4, 0.5) is 4.79 Å². The minimum Gasteiger partial charge on any atom is -0.450 e. The van der Waals surface area contributed by atoms with Gasteiger partial charge in [-0.1, -0.05) is 0 Å². The van der Waals surface area contributed by atoms with E-state index < -0.39 is 6.16 Å². The van der Waals surface area contributed by atoms with Crippen molar-refractivity contribution in [2.24, 2.45) is 5.92 Å². The maximum atomic E-state index is 9.97. The Morgan fingerprint density at radius 3 is 2.08 bits per heavy atom. The number of ether oxygens (including phenoxy) is 1. The van der Waals surface area contributed by atoms with Gasteiger partial charge in [-0.2, -0.15) is 0 Å². The molecule has 1 aliphatic carbocycles. The highest BCUT2D eigenvalue weighted by atomic mass is 35.5. The third-order valence-corrected chi connectivity index (χ3v) is 1.47. The molecule has 12 heavy (non-hydrogen) atoms. The fourth-order valence-corrected chi connectivity index (χ4v) is 0.652. The Hall–Kier alpha value is -0.770. The van der Waals surface area contributed by atoms with Gasteiger partial charge in [-0.25, -0.2) is 4.79 Å². The van der Waals surface area contributed by atoms with Crippen LogP contribution in [0.25, 0.3) is 0 Å². The van der Waals surface area contributed by atoms with Crippen LogP contribution >= 0.6 is 11.6 Å². The van der Waals surface area contributed by atoms with E-state index in [1.54, 1.807) is 6.92 Å². The van der Waals surface area contributed by atoms with E-state index >= 15 is 0 Å². The highest BCUT2D eigenvalue weighted by Gasteiger charge is 2.27. The zero-order chi connectivity index (χ0) is 9.56. The van der Waals surface area contributed by atoms with Gasteiger partial charge in [0.1, 0.15) is 0 Å². The molecule has 5 heteroatoms. The van der Waals surface area contributed by atoms with Crippen LogP contribution in [0.15, 0.2) is 0 Å². The lowest BCUT2D eigenvalue weighted by Crippen LogP contribution is -1.97. The number of carbonyl (C=O) groups excluding carboxylic acids is 1. The number of halogens is 1. The Kier molecular flexibility index (Phi) is 5.45. The summed E-state index contributed by atoms with van der Waals surface area (Å²) in [6.07, 6.45) is 0.822. The van der Waals surface area contributed by atoms with Crippen molar-refractivity contribution in [1.29, 1.82) is 0 Å². The van der Waals surface area contributed by atoms with Crippen LogP contribution in [0.2, 0.25) is 0 Å². The van der Waals surface area contributed by atoms with Crippen LogP contribution in [0.5, 0.6) is 0 Å². The lowest BCUT2D eigenvalue weighted by atomic mass is 10.5. The molecule has 0 bridgehead atoms. The first kappa shape index (κ1) is 11.2. The van der Waals surface area contributed by atoms with E-state index in [4.69, 9.17) is 16.7 Å². The maximum Gasteiger partial charge on any atom is 0.505 e. The smallest absolute Gasteiger partial charge is 0.450 e. The molecule has 0 amide bonds. The summed E-state index contributed by atoms with van der Waals surface area (Å²) in [5.41, 5.74) is 0. The van der Waals surface area contributed by atoms with E-state index in [-0.39, 0.29) is 17.8 Å². The average molecular weight is 195 g/mol. The van der Waals surface area contributed by atoms with Crippen LogP contribution in [-0.4, -0.2) is 23.1 Å². The molecule has 1 aliphatic rings. The third-order valence-electron chi connectivity index (χ3n) is 1.17. The Morgan fingerprint density at radius 1 is 1.58 bits per heavy atom. The number of hydrogen-bond donors (Lipinski definition) is 1. The van der Waals surface area contributed by atoms with Crippen molar-refractivity contribution in [3.05, 3.63) is 0 Å². The van der Waals surface area contributed by atoms with Crippen molar-refractivity contribution in [3.63, 3.8) is 0 Å². The van der Waals surface area contributed by atoms with Gasteiger partial charge >= 0.3 is 6.16 Å². The molecule has 0 aliphatic heterocycles. The molecule has 1 N–H and O–H groups in total. The molecule has 70 valence electrons. The number of hydrogen-bond acceptors (Lipinski definition) is 3. The second kappa shape index (κ2) is 5.83. The topological polar surface area (TPSA) is 63.6 Å². The summed E-state index contributed by atoms with van der Waals surface area (Å²) in [4.78, 5) is 19.3. The van der Waals surface area contributed by atoms with Crippen molar-refractivity contribution in [2.75, 3.05) is 6.61 Å². The molecule has 0 spiro atoms. The number of carbonyl (C=O) groups is 2. The summed E-state index contributed by atoms with van der Waals surface area (Å²) in [6, 6.07) is 0. The normalized spacial score (nSPS) is 14.2. The van der Waals surface area contributed by atoms with Gasteiger partial charge in [0.2, 0.25) is 5.24 Å². The molecule has 4 nitrogen and oxygen atoms in total. The van der Waals surface area contributed by atoms with Gasteiger partial charge in [0.05, 0.1) is 6.61 Å². The summed E-state index contributed by atoms with van der Waals surface area (Å²) in [5, 5.41) is 7.53. The second-order valence-corrected chi connectivity index (χ2v) is 2.65. The molecule has 1 saturated carbocycles. The molecular formula is C7H11ClO4. The summed E-state index contributed by atoms with van der Waals surface area (Å²) in [6.45, 7) is 1.85. The SMILES string of the molecule is CCOC(=O)O.O=C(Cl)C1CC1. The Bertz CT molecular complexity index is 165. The first-order chi connectivity index (χ1) is 5.57. The first-order valence-electron chi connectivity index (χ1n) is 3.63. The van der Waals surface area contributed by atoms with Crippen molar-refractivity contribution < 1.29 is 19.4 Å². The highest BCUT2D eigenvalue weighted by molar-refractivity contribution is 6.64. The van der Waals surface area contributed by atoms with Crippen LogP contribution in [0.3, 0.4) is 0 Å². The molecule has 0 saturated heterocycles. The number of carboxylic acid groups (broad SMARTS) is 1. The van der Waals surface area contributed by atoms with Crippen LogP contribution in [-0.2, 0) is 9.53 Å². The van der Waals surface area contributed by atoms with E-state index in [9.17, 15) is 9.59 Å². The molecule has 1 fully saturated rings. The Balaban J connectivity index is 0.000000202. The van der Waals surface area contributed by atoms with Gasteiger partial charge in [-0.05, 0) is 31.4 Å². The minimum absolute atomic E-state index is 0.157. The minimum atomic E-state index is -1.21.